The molecule has 0 amide bonds. The van der Waals surface area contributed by atoms with Crippen molar-refractivity contribution >= 4 is 24.8 Å². The van der Waals surface area contributed by atoms with Crippen molar-refractivity contribution in [1.82, 2.24) is 29.1 Å². The highest BCUT2D eigenvalue weighted by Gasteiger charge is 2.50. The highest BCUT2D eigenvalue weighted by Crippen LogP contribution is 2.49. The Morgan fingerprint density at radius 3 is 2.72 bits per heavy atom. The van der Waals surface area contributed by atoms with E-state index in [2.05, 4.69) is 19.9 Å². The maximum atomic E-state index is 12.9. The lowest BCUT2D eigenvalue weighted by molar-refractivity contribution is -0.0625. The number of methoxy groups -OCH3 is 1. The quantitative estimate of drug-likeness (QED) is 0.174. The van der Waals surface area contributed by atoms with Gasteiger partial charge in [-0.1, -0.05) is 0 Å². The Morgan fingerprint density at radius 1 is 1.21 bits per heavy atom. The van der Waals surface area contributed by atoms with Crippen molar-refractivity contribution in [2.75, 3.05) is 26.1 Å². The van der Waals surface area contributed by atoms with Crippen LogP contribution in [0.25, 0.3) is 11.2 Å². The molecule has 5 rings (SSSR count). The number of H-pyrrole nitrogens is 1. The third-order valence-electron chi connectivity index (χ3n) is 6.42. The van der Waals surface area contributed by atoms with Gasteiger partial charge in [-0.2, -0.15) is 0 Å². The van der Waals surface area contributed by atoms with Crippen LogP contribution in [0.2, 0.25) is 0 Å². The maximum Gasteiger partial charge on any atom is 0.472 e. The number of aliphatic hydroxyl groups excluding tert-OH is 2. The number of ether oxygens (including phenoxy) is 3. The number of phosphoric acid groups is 1. The van der Waals surface area contributed by atoms with Gasteiger partial charge in [-0.25, -0.2) is 24.3 Å². The van der Waals surface area contributed by atoms with Gasteiger partial charge in [0, 0.05) is 25.8 Å². The molecule has 2 saturated heterocycles. The molecular weight excluding hydrogens is 545 g/mol. The van der Waals surface area contributed by atoms with Gasteiger partial charge < -0.3 is 35.1 Å². The molecule has 3 aromatic heterocycles. The number of rotatable bonds is 9. The predicted molar refractivity (Wildman–Crippen MR) is 128 cm³/mol. The molecule has 19 heteroatoms. The standard InChI is InChI=1S/C20H26N7O11P/c1-34-16-15(10(5-28)37-19(16)26-3-2-12(30)25-20(26)31)38-39(32,33)35-6-11-9(29)4-13(36-11)27-8-24-14-17(21)22-7-23-18(14)27/h2-3,7-11,13,15-16,19,28-29H,4-6H2,1H3,(H,32,33)(H2,21,22,23)(H,25,30,31)/t9-,10+,11+,13+,15+,16+,19+/m0/s1. The summed E-state index contributed by atoms with van der Waals surface area (Å²) in [6.07, 6.45) is -3.77. The van der Waals surface area contributed by atoms with Crippen molar-refractivity contribution in [2.24, 2.45) is 0 Å². The second kappa shape index (κ2) is 10.8. The fraction of sp³-hybridized carbons (Fsp3) is 0.550. The fourth-order valence-electron chi connectivity index (χ4n) is 4.55. The number of hydrogen-bond donors (Lipinski definition) is 5. The Morgan fingerprint density at radius 2 is 2.00 bits per heavy atom. The van der Waals surface area contributed by atoms with Crippen molar-refractivity contribution in [3.63, 3.8) is 0 Å². The first-order valence-corrected chi connectivity index (χ1v) is 13.1. The van der Waals surface area contributed by atoms with Gasteiger partial charge in [0.25, 0.3) is 5.56 Å². The van der Waals surface area contributed by atoms with Gasteiger partial charge in [0.05, 0.1) is 25.6 Å². The molecule has 39 heavy (non-hydrogen) atoms. The highest BCUT2D eigenvalue weighted by atomic mass is 31.2. The van der Waals surface area contributed by atoms with Crippen LogP contribution >= 0.6 is 7.82 Å². The maximum absolute atomic E-state index is 12.9. The fourth-order valence-corrected chi connectivity index (χ4v) is 5.51. The third-order valence-corrected chi connectivity index (χ3v) is 7.41. The molecule has 2 aliphatic heterocycles. The first kappa shape index (κ1) is 27.5. The summed E-state index contributed by atoms with van der Waals surface area (Å²) in [7, 11) is -3.60. The molecule has 18 nitrogen and oxygen atoms in total. The molecule has 0 aliphatic carbocycles. The topological polar surface area (TPSA) is 248 Å². The van der Waals surface area contributed by atoms with Crippen LogP contribution in [-0.2, 0) is 27.8 Å². The van der Waals surface area contributed by atoms with Crippen LogP contribution in [-0.4, -0.2) is 95.0 Å². The normalized spacial score (nSPS) is 30.6. The predicted octanol–water partition coefficient (Wildman–Crippen LogP) is -1.99. The molecule has 0 bridgehead atoms. The number of phosphoric ester groups is 1. The Kier molecular flexibility index (Phi) is 7.64. The van der Waals surface area contributed by atoms with Gasteiger partial charge in [-0.3, -0.25) is 28.0 Å². The summed E-state index contributed by atoms with van der Waals surface area (Å²) < 4.78 is 42.6. The molecule has 0 aromatic carbocycles. The lowest BCUT2D eigenvalue weighted by Crippen LogP contribution is -2.40. The number of aromatic nitrogens is 6. The average molecular weight is 571 g/mol. The van der Waals surface area contributed by atoms with E-state index in [4.69, 9.17) is 29.0 Å². The van der Waals surface area contributed by atoms with Crippen molar-refractivity contribution in [2.45, 2.75) is 49.4 Å². The summed E-state index contributed by atoms with van der Waals surface area (Å²) in [6, 6.07) is 1.08. The minimum Gasteiger partial charge on any atom is -0.394 e. The molecule has 2 aliphatic rings. The summed E-state index contributed by atoms with van der Waals surface area (Å²) in [5, 5.41) is 20.3. The van der Waals surface area contributed by atoms with Crippen LogP contribution in [0.5, 0.6) is 0 Å². The Hall–Kier alpha value is -3.06. The summed E-state index contributed by atoms with van der Waals surface area (Å²) >= 11 is 0. The van der Waals surface area contributed by atoms with Gasteiger partial charge in [0.1, 0.15) is 42.5 Å². The number of fused-ring (bicyclic) bond motifs is 1. The van der Waals surface area contributed by atoms with E-state index in [-0.39, 0.29) is 12.2 Å². The highest BCUT2D eigenvalue weighted by molar-refractivity contribution is 7.47. The summed E-state index contributed by atoms with van der Waals surface area (Å²) in [4.78, 5) is 48.3. The number of nitrogen functional groups attached to an aromatic ring is 1. The first-order chi connectivity index (χ1) is 18.6. The minimum atomic E-state index is -4.85. The van der Waals surface area contributed by atoms with Crippen molar-refractivity contribution in [3.05, 3.63) is 45.8 Å². The number of nitrogens with one attached hydrogen (secondary N) is 1. The average Bonchev–Trinajstić information content (AvgIpc) is 3.58. The van der Waals surface area contributed by atoms with Crippen LogP contribution in [0.3, 0.4) is 0 Å². The van der Waals surface area contributed by atoms with E-state index in [1.165, 1.54) is 19.8 Å². The van der Waals surface area contributed by atoms with E-state index in [0.717, 1.165) is 16.8 Å². The number of nitrogens with two attached hydrogens (primary N) is 1. The Bertz CT molecular complexity index is 1490. The lowest BCUT2D eigenvalue weighted by Gasteiger charge is -2.25. The number of anilines is 1. The molecule has 212 valence electrons. The molecule has 6 N–H and O–H groups in total. The van der Waals surface area contributed by atoms with Crippen molar-refractivity contribution in [1.29, 1.82) is 0 Å². The van der Waals surface area contributed by atoms with Crippen LogP contribution < -0.4 is 17.0 Å². The van der Waals surface area contributed by atoms with Gasteiger partial charge >= 0.3 is 13.5 Å². The number of aliphatic hydroxyl groups is 2. The molecule has 3 aromatic rings. The van der Waals surface area contributed by atoms with E-state index in [0.29, 0.717) is 11.2 Å². The molecule has 0 spiro atoms. The first-order valence-electron chi connectivity index (χ1n) is 11.6. The van der Waals surface area contributed by atoms with E-state index >= 15 is 0 Å². The van der Waals surface area contributed by atoms with Gasteiger partial charge in [-0.05, 0) is 0 Å². The zero-order valence-electron chi connectivity index (χ0n) is 20.3. The van der Waals surface area contributed by atoms with E-state index in [9.17, 15) is 29.3 Å². The Balaban J connectivity index is 1.26. The molecule has 0 radical (unpaired) electrons. The lowest BCUT2D eigenvalue weighted by atomic mass is 10.1. The van der Waals surface area contributed by atoms with Crippen molar-refractivity contribution < 1.29 is 42.9 Å². The van der Waals surface area contributed by atoms with Gasteiger partial charge in [0.15, 0.2) is 17.7 Å². The summed E-state index contributed by atoms with van der Waals surface area (Å²) in [5.41, 5.74) is 5.09. The summed E-state index contributed by atoms with van der Waals surface area (Å²) in [5.74, 6) is 0.176. The monoisotopic (exact) mass is 571 g/mol. The van der Waals surface area contributed by atoms with Crippen molar-refractivity contribution in [3.8, 4) is 0 Å². The smallest absolute Gasteiger partial charge is 0.394 e. The van der Waals surface area contributed by atoms with Gasteiger partial charge in [-0.15, -0.1) is 0 Å². The second-order valence-electron chi connectivity index (χ2n) is 8.81. The van der Waals surface area contributed by atoms with Crippen LogP contribution in [0, 0.1) is 0 Å². The van der Waals surface area contributed by atoms with E-state index in [1.54, 1.807) is 4.57 Å². The van der Waals surface area contributed by atoms with Gasteiger partial charge in [0.2, 0.25) is 0 Å². The summed E-state index contributed by atoms with van der Waals surface area (Å²) in [6.45, 7) is -1.19. The van der Waals surface area contributed by atoms with E-state index < -0.39 is 75.3 Å². The Labute approximate surface area is 218 Å². The zero-order chi connectivity index (χ0) is 27.9. The number of aromatic amines is 1. The van der Waals surface area contributed by atoms with Crippen LogP contribution in [0.1, 0.15) is 18.9 Å². The zero-order valence-corrected chi connectivity index (χ0v) is 21.2. The molecular formula is C20H26N7O11P. The largest absolute Gasteiger partial charge is 0.472 e. The minimum absolute atomic E-state index is 0.102. The van der Waals surface area contributed by atoms with Crippen LogP contribution in [0.15, 0.2) is 34.5 Å². The molecule has 1 unspecified atom stereocenters. The molecule has 2 fully saturated rings. The number of imidazole rings is 1. The van der Waals surface area contributed by atoms with E-state index in [1.807, 2.05) is 0 Å². The molecule has 8 atom stereocenters. The number of hydrogen-bond acceptors (Lipinski definition) is 14. The second-order valence-corrected chi connectivity index (χ2v) is 10.2. The van der Waals surface area contributed by atoms with Crippen LogP contribution in [0.4, 0.5) is 5.82 Å². The SMILES string of the molecule is CO[C@@H]1[C@H](OP(=O)(O)OC[C@H]2O[C@@H](n3cnc4c(N)ncnc43)C[C@@H]2O)[C@@H](CO)O[C@H]1n1ccc(=O)[nH]c1=O. The molecule has 5 heterocycles. The molecule has 0 saturated carbocycles. The number of nitrogens with zero attached hydrogens (tertiary/aromatic N) is 5. The third kappa shape index (κ3) is 5.38.